The van der Waals surface area contributed by atoms with Crippen molar-refractivity contribution in [3.63, 3.8) is 0 Å². The molecule has 0 bridgehead atoms. The van der Waals surface area contributed by atoms with Crippen LogP contribution in [0.1, 0.15) is 0 Å². The van der Waals surface area contributed by atoms with Gasteiger partial charge in [0.15, 0.2) is 0 Å². The van der Waals surface area contributed by atoms with Gasteiger partial charge in [-0.25, -0.2) is 0 Å². The minimum absolute atomic E-state index is 0.185. The van der Waals surface area contributed by atoms with E-state index >= 15 is 0 Å². The Bertz CT molecular complexity index is 888. The zero-order valence-electron chi connectivity index (χ0n) is 11.4. The number of rotatable bonds is 4. The molecule has 0 saturated carbocycles. The zero-order chi connectivity index (χ0) is 16.6. The van der Waals surface area contributed by atoms with E-state index in [0.717, 1.165) is 21.2 Å². The topological polar surface area (TPSA) is 49.4 Å². The SMILES string of the molecule is O=C([O-])COc1cc2c(-c3ccc(Cl)cc3)csc2c(Cl)c1Cl. The van der Waals surface area contributed by atoms with Crippen LogP contribution in [0.3, 0.4) is 0 Å². The summed E-state index contributed by atoms with van der Waals surface area (Å²) in [5, 5.41) is 14.5. The molecule has 3 rings (SSSR count). The largest absolute Gasteiger partial charge is 0.546 e. The van der Waals surface area contributed by atoms with Crippen LogP contribution in [0.15, 0.2) is 35.7 Å². The van der Waals surface area contributed by atoms with Crippen molar-refractivity contribution in [1.29, 1.82) is 0 Å². The van der Waals surface area contributed by atoms with Crippen LogP contribution in [0.25, 0.3) is 21.2 Å². The Kier molecular flexibility index (Phi) is 4.69. The van der Waals surface area contributed by atoms with E-state index in [2.05, 4.69) is 0 Å². The highest BCUT2D eigenvalue weighted by Gasteiger charge is 2.16. The number of ether oxygens (including phenoxy) is 1. The lowest BCUT2D eigenvalue weighted by molar-refractivity contribution is -0.307. The molecule has 0 spiro atoms. The second-order valence-electron chi connectivity index (χ2n) is 4.70. The third-order valence-corrected chi connectivity index (χ3v) is 5.44. The van der Waals surface area contributed by atoms with E-state index in [0.29, 0.717) is 10.0 Å². The van der Waals surface area contributed by atoms with Crippen molar-refractivity contribution in [2.45, 2.75) is 0 Å². The fourth-order valence-corrected chi connectivity index (χ4v) is 3.89. The van der Waals surface area contributed by atoms with Crippen molar-refractivity contribution < 1.29 is 14.6 Å². The molecule has 7 heteroatoms. The third-order valence-electron chi connectivity index (χ3n) is 3.21. The molecule has 0 atom stereocenters. The standard InChI is InChI=1S/C16H9Cl3O3S/c17-9-3-1-8(2-4-9)11-7-23-16-10(11)5-12(14(18)15(16)19)22-6-13(20)21/h1-5,7H,6H2,(H,20,21)/p-1. The number of hydrogen-bond acceptors (Lipinski definition) is 4. The number of aliphatic carboxylic acids is 1. The first-order valence-corrected chi connectivity index (χ1v) is 8.46. The summed E-state index contributed by atoms with van der Waals surface area (Å²) in [6.45, 7) is -0.595. The van der Waals surface area contributed by atoms with Crippen LogP contribution in [0.4, 0.5) is 0 Å². The lowest BCUT2D eigenvalue weighted by atomic mass is 10.0. The third kappa shape index (κ3) is 3.26. The molecule has 1 aromatic heterocycles. The fraction of sp³-hybridized carbons (Fsp3) is 0.0625. The molecular weight excluding hydrogens is 379 g/mol. The molecule has 0 aliphatic rings. The average Bonchev–Trinajstić information content (AvgIpc) is 2.94. The predicted octanol–water partition coefficient (Wildman–Crippen LogP) is 4.66. The van der Waals surface area contributed by atoms with Gasteiger partial charge in [-0.15, -0.1) is 11.3 Å². The van der Waals surface area contributed by atoms with Crippen LogP contribution in [-0.2, 0) is 4.79 Å². The Morgan fingerprint density at radius 3 is 2.48 bits per heavy atom. The van der Waals surface area contributed by atoms with Gasteiger partial charge in [-0.3, -0.25) is 0 Å². The van der Waals surface area contributed by atoms with Gasteiger partial charge >= 0.3 is 0 Å². The van der Waals surface area contributed by atoms with E-state index in [1.165, 1.54) is 11.3 Å². The molecule has 3 nitrogen and oxygen atoms in total. The van der Waals surface area contributed by atoms with E-state index in [1.807, 2.05) is 17.5 Å². The Morgan fingerprint density at radius 2 is 1.83 bits per heavy atom. The highest BCUT2D eigenvalue weighted by Crippen LogP contribution is 2.45. The highest BCUT2D eigenvalue weighted by molar-refractivity contribution is 7.18. The minimum Gasteiger partial charge on any atom is -0.546 e. The number of carbonyl (C=O) groups is 1. The summed E-state index contributed by atoms with van der Waals surface area (Å²) < 4.78 is 5.98. The Labute approximate surface area is 151 Å². The highest BCUT2D eigenvalue weighted by atomic mass is 35.5. The summed E-state index contributed by atoms with van der Waals surface area (Å²) in [5.74, 6) is -1.12. The van der Waals surface area contributed by atoms with Gasteiger partial charge in [0.25, 0.3) is 0 Å². The van der Waals surface area contributed by atoms with Crippen LogP contribution in [0, 0.1) is 0 Å². The molecule has 3 aromatic rings. The first kappa shape index (κ1) is 16.4. The summed E-state index contributed by atoms with van der Waals surface area (Å²) >= 11 is 19.8. The molecule has 0 fully saturated rings. The van der Waals surface area contributed by atoms with Crippen molar-refractivity contribution in [2.75, 3.05) is 6.61 Å². The van der Waals surface area contributed by atoms with Gasteiger partial charge in [0.1, 0.15) is 17.4 Å². The number of carboxylic acid groups (broad SMARTS) is 1. The molecule has 0 aliphatic heterocycles. The number of hydrogen-bond donors (Lipinski definition) is 0. The van der Waals surface area contributed by atoms with Crippen LogP contribution in [0.2, 0.25) is 15.1 Å². The summed E-state index contributed by atoms with van der Waals surface area (Å²) in [6.07, 6.45) is 0. The van der Waals surface area contributed by atoms with Gasteiger partial charge in [0, 0.05) is 16.0 Å². The molecule has 1 heterocycles. The summed E-state index contributed by atoms with van der Waals surface area (Å²) in [4.78, 5) is 10.6. The number of fused-ring (bicyclic) bond motifs is 1. The molecule has 0 radical (unpaired) electrons. The average molecular weight is 387 g/mol. The van der Waals surface area contributed by atoms with Crippen LogP contribution in [0.5, 0.6) is 5.75 Å². The normalized spacial score (nSPS) is 10.9. The fourth-order valence-electron chi connectivity index (χ4n) is 2.18. The Hall–Kier alpha value is -1.46. The number of benzene rings is 2. The smallest absolute Gasteiger partial charge is 0.140 e. The van der Waals surface area contributed by atoms with Gasteiger partial charge in [0.2, 0.25) is 0 Å². The quantitative estimate of drug-likeness (QED) is 0.655. The molecule has 0 unspecified atom stereocenters. The summed E-state index contributed by atoms with van der Waals surface area (Å²) in [7, 11) is 0. The van der Waals surface area contributed by atoms with Crippen molar-refractivity contribution in [1.82, 2.24) is 0 Å². The maximum absolute atomic E-state index is 10.6. The predicted molar refractivity (Wildman–Crippen MR) is 92.8 cm³/mol. The summed E-state index contributed by atoms with van der Waals surface area (Å²) in [6, 6.07) is 9.08. The Morgan fingerprint density at radius 1 is 1.13 bits per heavy atom. The van der Waals surface area contributed by atoms with Gasteiger partial charge in [-0.1, -0.05) is 46.9 Å². The van der Waals surface area contributed by atoms with Crippen LogP contribution >= 0.6 is 46.1 Å². The number of halogens is 3. The molecule has 0 aliphatic carbocycles. The van der Waals surface area contributed by atoms with Crippen molar-refractivity contribution in [2.24, 2.45) is 0 Å². The summed E-state index contributed by atoms with van der Waals surface area (Å²) in [5.41, 5.74) is 1.91. The van der Waals surface area contributed by atoms with E-state index in [9.17, 15) is 9.90 Å². The minimum atomic E-state index is -1.33. The zero-order valence-corrected chi connectivity index (χ0v) is 14.5. The molecular formula is C16H8Cl3O3S-. The van der Waals surface area contributed by atoms with Crippen LogP contribution < -0.4 is 9.84 Å². The van der Waals surface area contributed by atoms with E-state index in [-0.39, 0.29) is 10.8 Å². The molecule has 0 N–H and O–H groups in total. The van der Waals surface area contributed by atoms with Crippen molar-refractivity contribution in [3.8, 4) is 16.9 Å². The number of carbonyl (C=O) groups excluding carboxylic acids is 1. The Balaban J connectivity index is 2.14. The number of thiophene rings is 1. The van der Waals surface area contributed by atoms with Gasteiger partial charge in [-0.05, 0) is 29.1 Å². The van der Waals surface area contributed by atoms with Gasteiger partial charge in [0.05, 0.1) is 15.7 Å². The van der Waals surface area contributed by atoms with Gasteiger partial charge in [-0.2, -0.15) is 0 Å². The molecule has 0 amide bonds. The van der Waals surface area contributed by atoms with E-state index in [4.69, 9.17) is 39.5 Å². The molecule has 2 aromatic carbocycles. The number of carboxylic acids is 1. The lowest BCUT2D eigenvalue weighted by Gasteiger charge is -2.11. The lowest BCUT2D eigenvalue weighted by Crippen LogP contribution is -2.29. The molecule has 0 saturated heterocycles. The van der Waals surface area contributed by atoms with E-state index in [1.54, 1.807) is 18.2 Å². The molecule has 23 heavy (non-hydrogen) atoms. The molecule has 118 valence electrons. The van der Waals surface area contributed by atoms with E-state index < -0.39 is 12.6 Å². The van der Waals surface area contributed by atoms with Crippen molar-refractivity contribution >= 4 is 62.2 Å². The first-order valence-electron chi connectivity index (χ1n) is 6.45. The monoisotopic (exact) mass is 385 g/mol. The first-order chi connectivity index (χ1) is 11.0. The second kappa shape index (κ2) is 6.57. The van der Waals surface area contributed by atoms with Crippen LogP contribution in [-0.4, -0.2) is 12.6 Å². The maximum Gasteiger partial charge on any atom is 0.140 e. The maximum atomic E-state index is 10.6. The van der Waals surface area contributed by atoms with Gasteiger partial charge < -0.3 is 14.6 Å². The second-order valence-corrected chi connectivity index (χ2v) is 6.77. The van der Waals surface area contributed by atoms with Crippen molar-refractivity contribution in [3.05, 3.63) is 50.8 Å².